The molecule has 0 radical (unpaired) electrons. The number of rotatable bonds is 1. The topological polar surface area (TPSA) is 86.3 Å². The first-order valence-corrected chi connectivity index (χ1v) is 4.89. The molecule has 1 unspecified atom stereocenters. The normalized spacial score (nSPS) is 21.5. The Balaban J connectivity index is 2.61. The lowest BCUT2D eigenvalue weighted by Crippen LogP contribution is -2.42. The molecule has 0 bridgehead atoms. The van der Waals surface area contributed by atoms with E-state index >= 15 is 0 Å². The summed E-state index contributed by atoms with van der Waals surface area (Å²) in [5, 5.41) is 17.2. The summed E-state index contributed by atoms with van der Waals surface area (Å²) in [6, 6.07) is 8.70. The van der Waals surface area contributed by atoms with Crippen LogP contribution in [0.1, 0.15) is 5.56 Å². The van der Waals surface area contributed by atoms with E-state index in [0.29, 0.717) is 11.3 Å². The van der Waals surface area contributed by atoms with Crippen molar-refractivity contribution in [3.63, 3.8) is 0 Å². The number of hydrogen-bond acceptors (Lipinski definition) is 5. The maximum atomic E-state index is 11.7. The molecule has 5 nitrogen and oxygen atoms in total. The Hall–Kier alpha value is -2.48. The molecule has 0 aliphatic carbocycles. The van der Waals surface area contributed by atoms with Gasteiger partial charge in [-0.25, -0.2) is 4.79 Å². The first-order chi connectivity index (χ1) is 8.15. The van der Waals surface area contributed by atoms with Gasteiger partial charge in [0.25, 0.3) is 0 Å². The Morgan fingerprint density at radius 3 is 2.88 bits per heavy atom. The van der Waals surface area contributed by atoms with E-state index in [-0.39, 0.29) is 5.71 Å². The van der Waals surface area contributed by atoms with Gasteiger partial charge in [0.15, 0.2) is 0 Å². The molecule has 5 heteroatoms. The van der Waals surface area contributed by atoms with Crippen molar-refractivity contribution in [1.82, 2.24) is 0 Å². The van der Waals surface area contributed by atoms with E-state index in [4.69, 9.17) is 10.7 Å². The highest BCUT2D eigenvalue weighted by Gasteiger charge is 2.46. The van der Waals surface area contributed by atoms with E-state index in [9.17, 15) is 4.79 Å². The third-order valence-corrected chi connectivity index (χ3v) is 2.65. The lowest BCUT2D eigenvalue weighted by Gasteiger charge is -2.24. The van der Waals surface area contributed by atoms with Crippen LogP contribution < -0.4 is 0 Å². The SMILES string of the molecule is COC(=O)C1(C#N)C=Nc2ccccc2C1=N. The quantitative estimate of drug-likeness (QED) is 0.736. The van der Waals surface area contributed by atoms with Gasteiger partial charge >= 0.3 is 5.97 Å². The molecule has 0 spiro atoms. The number of carbonyl (C=O) groups excluding carboxylic acids is 1. The second-order valence-electron chi connectivity index (χ2n) is 3.56. The highest BCUT2D eigenvalue weighted by molar-refractivity contribution is 6.29. The third kappa shape index (κ3) is 1.42. The average Bonchev–Trinajstić information content (AvgIpc) is 2.39. The van der Waals surface area contributed by atoms with Crippen molar-refractivity contribution < 1.29 is 9.53 Å². The molecular formula is C12H9N3O2. The van der Waals surface area contributed by atoms with Gasteiger partial charge < -0.3 is 10.1 Å². The first-order valence-electron chi connectivity index (χ1n) is 4.89. The molecule has 1 heterocycles. The summed E-state index contributed by atoms with van der Waals surface area (Å²) < 4.78 is 4.58. The minimum atomic E-state index is -1.73. The molecule has 0 saturated heterocycles. The lowest BCUT2D eigenvalue weighted by atomic mass is 9.79. The van der Waals surface area contributed by atoms with Crippen LogP contribution in [0.4, 0.5) is 5.69 Å². The molecule has 17 heavy (non-hydrogen) atoms. The predicted molar refractivity (Wildman–Crippen MR) is 61.5 cm³/mol. The summed E-state index contributed by atoms with van der Waals surface area (Å²) >= 11 is 0. The van der Waals surface area contributed by atoms with Gasteiger partial charge in [0, 0.05) is 11.8 Å². The molecule has 0 saturated carbocycles. The maximum Gasteiger partial charge on any atom is 0.338 e. The van der Waals surface area contributed by atoms with Crippen LogP contribution in [-0.4, -0.2) is 25.0 Å². The lowest BCUT2D eigenvalue weighted by molar-refractivity contribution is -0.143. The number of methoxy groups -OCH3 is 1. The number of nitrogens with one attached hydrogen (secondary N) is 1. The number of nitriles is 1. The molecule has 1 aliphatic heterocycles. The van der Waals surface area contributed by atoms with Crippen molar-refractivity contribution in [1.29, 1.82) is 10.7 Å². The molecule has 2 rings (SSSR count). The van der Waals surface area contributed by atoms with Crippen LogP contribution in [-0.2, 0) is 9.53 Å². The van der Waals surface area contributed by atoms with Gasteiger partial charge in [-0.3, -0.25) is 4.99 Å². The van der Waals surface area contributed by atoms with E-state index in [1.165, 1.54) is 13.3 Å². The number of aliphatic imine (C=N–C) groups is 1. The molecule has 1 aromatic rings. The summed E-state index contributed by atoms with van der Waals surface area (Å²) in [6.07, 6.45) is 1.17. The van der Waals surface area contributed by atoms with E-state index in [0.717, 1.165) is 0 Å². The zero-order valence-corrected chi connectivity index (χ0v) is 9.10. The van der Waals surface area contributed by atoms with Crippen LogP contribution in [0.2, 0.25) is 0 Å². The van der Waals surface area contributed by atoms with Crippen molar-refractivity contribution in [2.45, 2.75) is 0 Å². The third-order valence-electron chi connectivity index (χ3n) is 2.65. The van der Waals surface area contributed by atoms with Gasteiger partial charge in [0.2, 0.25) is 5.41 Å². The Labute approximate surface area is 97.9 Å². The molecule has 84 valence electrons. The second-order valence-corrected chi connectivity index (χ2v) is 3.56. The Bertz CT molecular complexity index is 571. The van der Waals surface area contributed by atoms with Crippen molar-refractivity contribution in [3.05, 3.63) is 29.8 Å². The van der Waals surface area contributed by atoms with Crippen molar-refractivity contribution >= 4 is 23.6 Å². The summed E-state index contributed by atoms with van der Waals surface area (Å²) in [7, 11) is 1.18. The van der Waals surface area contributed by atoms with Gasteiger partial charge in [-0.2, -0.15) is 5.26 Å². The number of ether oxygens (including phenoxy) is 1. The number of fused-ring (bicyclic) bond motifs is 1. The molecule has 0 fully saturated rings. The Morgan fingerprint density at radius 1 is 1.53 bits per heavy atom. The van der Waals surface area contributed by atoms with E-state index in [1.807, 2.05) is 6.07 Å². The standard InChI is InChI=1S/C12H9N3O2/c1-17-11(16)12(6-13)7-15-9-5-3-2-4-8(9)10(12)14/h2-5,7,14H,1H3. The van der Waals surface area contributed by atoms with E-state index in [1.54, 1.807) is 24.3 Å². The average molecular weight is 227 g/mol. The largest absolute Gasteiger partial charge is 0.467 e. The second kappa shape index (κ2) is 3.83. The van der Waals surface area contributed by atoms with Crippen LogP contribution in [0.5, 0.6) is 0 Å². The fourth-order valence-electron chi connectivity index (χ4n) is 1.69. The van der Waals surface area contributed by atoms with Gasteiger partial charge in [-0.1, -0.05) is 18.2 Å². The first kappa shape index (κ1) is 11.0. The summed E-state index contributed by atoms with van der Waals surface area (Å²) in [6.45, 7) is 0. The fourth-order valence-corrected chi connectivity index (χ4v) is 1.69. The fraction of sp³-hybridized carbons (Fsp3) is 0.167. The van der Waals surface area contributed by atoms with Crippen LogP contribution in [0.3, 0.4) is 0 Å². The number of esters is 1. The number of para-hydroxylation sites is 1. The summed E-state index contributed by atoms with van der Waals surface area (Å²) in [5.41, 5.74) is -0.782. The molecule has 1 atom stereocenters. The summed E-state index contributed by atoms with van der Waals surface area (Å²) in [4.78, 5) is 15.7. The predicted octanol–water partition coefficient (Wildman–Crippen LogP) is 1.45. The number of benzene rings is 1. The van der Waals surface area contributed by atoms with E-state index in [2.05, 4.69) is 9.73 Å². The van der Waals surface area contributed by atoms with Crippen molar-refractivity contribution in [2.75, 3.05) is 7.11 Å². The number of hydrogen-bond donors (Lipinski definition) is 1. The molecule has 1 aliphatic rings. The number of nitrogens with zero attached hydrogens (tertiary/aromatic N) is 2. The molecule has 0 aromatic heterocycles. The molecule has 0 amide bonds. The van der Waals surface area contributed by atoms with Gasteiger partial charge in [-0.05, 0) is 6.07 Å². The molecule has 1 aromatic carbocycles. The maximum absolute atomic E-state index is 11.7. The van der Waals surface area contributed by atoms with E-state index < -0.39 is 11.4 Å². The van der Waals surface area contributed by atoms with Gasteiger partial charge in [0.05, 0.1) is 24.6 Å². The zero-order valence-electron chi connectivity index (χ0n) is 9.10. The minimum Gasteiger partial charge on any atom is -0.467 e. The monoisotopic (exact) mass is 227 g/mol. The van der Waals surface area contributed by atoms with Crippen LogP contribution >= 0.6 is 0 Å². The highest BCUT2D eigenvalue weighted by Crippen LogP contribution is 2.33. The van der Waals surface area contributed by atoms with Crippen LogP contribution in [0.15, 0.2) is 29.3 Å². The number of carbonyl (C=O) groups is 1. The van der Waals surface area contributed by atoms with Gasteiger partial charge in [-0.15, -0.1) is 0 Å². The molecule has 1 N–H and O–H groups in total. The van der Waals surface area contributed by atoms with Gasteiger partial charge in [0.1, 0.15) is 0 Å². The van der Waals surface area contributed by atoms with Crippen LogP contribution in [0, 0.1) is 22.2 Å². The smallest absolute Gasteiger partial charge is 0.338 e. The summed E-state index contributed by atoms with van der Waals surface area (Å²) in [5.74, 6) is -0.789. The molecular weight excluding hydrogens is 218 g/mol. The zero-order chi connectivity index (χ0) is 12.5. The van der Waals surface area contributed by atoms with Crippen LogP contribution in [0.25, 0.3) is 0 Å². The van der Waals surface area contributed by atoms with Crippen molar-refractivity contribution in [3.8, 4) is 6.07 Å². The highest BCUT2D eigenvalue weighted by atomic mass is 16.5. The Kier molecular flexibility index (Phi) is 2.48. The minimum absolute atomic E-state index is 0.0996. The van der Waals surface area contributed by atoms with Crippen molar-refractivity contribution in [2.24, 2.45) is 10.4 Å². The Morgan fingerprint density at radius 2 is 2.24 bits per heavy atom.